The largest absolute Gasteiger partial charge is 0.480 e. The summed E-state index contributed by atoms with van der Waals surface area (Å²) in [5, 5.41) is 15.5. The molecule has 0 bridgehead atoms. The van der Waals surface area contributed by atoms with Crippen LogP contribution in [0.1, 0.15) is 12.2 Å². The highest BCUT2D eigenvalue weighted by Crippen LogP contribution is 2.21. The number of ether oxygens (including phenoxy) is 1. The Labute approximate surface area is 115 Å². The number of rotatable bonds is 4. The molecular weight excluding hydrogens is 266 g/mol. The molecule has 2 heterocycles. The number of likely N-dealkylation sites (tertiary alicyclic amines) is 1. The number of carboxylic acids is 1. The van der Waals surface area contributed by atoms with Crippen molar-refractivity contribution in [3.8, 4) is 0 Å². The first kappa shape index (κ1) is 14.3. The van der Waals surface area contributed by atoms with E-state index in [1.165, 1.54) is 23.2 Å². The number of nitrogens with one attached hydrogen (secondary N) is 1. The Morgan fingerprint density at radius 2 is 2.40 bits per heavy atom. The Kier molecular flexibility index (Phi) is 4.18. The van der Waals surface area contributed by atoms with Crippen molar-refractivity contribution < 1.29 is 19.4 Å². The fraction of sp³-hybridized carbons (Fsp3) is 0.636. The van der Waals surface area contributed by atoms with E-state index in [0.29, 0.717) is 12.2 Å². The summed E-state index contributed by atoms with van der Waals surface area (Å²) in [6, 6.07) is -1.22. The lowest BCUT2D eigenvalue weighted by Gasteiger charge is -2.26. The minimum Gasteiger partial charge on any atom is -0.480 e. The van der Waals surface area contributed by atoms with Crippen molar-refractivity contribution in [1.82, 2.24) is 25.0 Å². The number of carbonyl (C=O) groups excluding carboxylic acids is 1. The number of urea groups is 1. The molecule has 0 aliphatic carbocycles. The second-order valence-corrected chi connectivity index (χ2v) is 4.67. The maximum atomic E-state index is 12.3. The molecule has 110 valence electrons. The molecule has 9 heteroatoms. The van der Waals surface area contributed by atoms with Gasteiger partial charge in [0.15, 0.2) is 0 Å². The van der Waals surface area contributed by atoms with Crippen LogP contribution in [0.5, 0.6) is 0 Å². The molecule has 1 aliphatic heterocycles. The molecule has 2 atom stereocenters. The van der Waals surface area contributed by atoms with Crippen LogP contribution in [0, 0.1) is 0 Å². The third-order valence-corrected chi connectivity index (χ3v) is 3.31. The van der Waals surface area contributed by atoms with E-state index in [-0.39, 0.29) is 25.2 Å². The van der Waals surface area contributed by atoms with Crippen molar-refractivity contribution in [2.24, 2.45) is 0 Å². The second-order valence-electron chi connectivity index (χ2n) is 4.67. The molecule has 0 aromatic carbocycles. The van der Waals surface area contributed by atoms with Crippen LogP contribution in [0.25, 0.3) is 0 Å². The third-order valence-electron chi connectivity index (χ3n) is 3.31. The molecule has 0 radical (unpaired) electrons. The van der Waals surface area contributed by atoms with Crippen molar-refractivity contribution in [1.29, 1.82) is 0 Å². The fourth-order valence-electron chi connectivity index (χ4n) is 2.23. The van der Waals surface area contributed by atoms with Gasteiger partial charge in [-0.25, -0.2) is 14.6 Å². The van der Waals surface area contributed by atoms with E-state index in [4.69, 9.17) is 4.74 Å². The highest BCUT2D eigenvalue weighted by atomic mass is 16.5. The molecule has 20 heavy (non-hydrogen) atoms. The molecule has 2 amide bonds. The lowest BCUT2D eigenvalue weighted by atomic mass is 10.2. The van der Waals surface area contributed by atoms with Crippen molar-refractivity contribution in [3.63, 3.8) is 0 Å². The number of hydrogen-bond donors (Lipinski definition) is 2. The monoisotopic (exact) mass is 283 g/mol. The zero-order valence-electron chi connectivity index (χ0n) is 11.3. The third kappa shape index (κ3) is 2.87. The zero-order chi connectivity index (χ0) is 14.7. The Balaban J connectivity index is 2.04. The van der Waals surface area contributed by atoms with Gasteiger partial charge in [-0.2, -0.15) is 5.10 Å². The number of carboxylic acid groups (broad SMARTS) is 1. The van der Waals surface area contributed by atoms with E-state index in [1.54, 1.807) is 7.05 Å². The molecule has 2 N–H and O–H groups in total. The number of carbonyl (C=O) groups is 2. The van der Waals surface area contributed by atoms with Crippen LogP contribution in [0.3, 0.4) is 0 Å². The van der Waals surface area contributed by atoms with Gasteiger partial charge in [0, 0.05) is 27.1 Å². The predicted octanol–water partition coefficient (Wildman–Crippen LogP) is -0.470. The molecule has 0 spiro atoms. The second kappa shape index (κ2) is 5.87. The Morgan fingerprint density at radius 1 is 1.65 bits per heavy atom. The van der Waals surface area contributed by atoms with Gasteiger partial charge in [0.05, 0.1) is 12.6 Å². The van der Waals surface area contributed by atoms with Gasteiger partial charge in [-0.3, -0.25) is 5.10 Å². The SMILES string of the molecule is COC1CC(C(=O)O)N(C(=O)N(C)Cc2ncn[nH]2)C1. The average Bonchev–Trinajstić information content (AvgIpc) is 3.06. The summed E-state index contributed by atoms with van der Waals surface area (Å²) in [4.78, 5) is 30.2. The minimum absolute atomic E-state index is 0.235. The van der Waals surface area contributed by atoms with E-state index >= 15 is 0 Å². The van der Waals surface area contributed by atoms with Crippen molar-refractivity contribution in [2.75, 3.05) is 20.7 Å². The minimum atomic E-state index is -1.02. The highest BCUT2D eigenvalue weighted by molar-refractivity contribution is 5.83. The topological polar surface area (TPSA) is 112 Å². The summed E-state index contributed by atoms with van der Waals surface area (Å²) in [5.74, 6) is -0.485. The van der Waals surface area contributed by atoms with Crippen LogP contribution in [0.2, 0.25) is 0 Å². The number of methoxy groups -OCH3 is 1. The van der Waals surface area contributed by atoms with Gasteiger partial charge in [-0.1, -0.05) is 0 Å². The number of hydrogen-bond acceptors (Lipinski definition) is 5. The summed E-state index contributed by atoms with van der Waals surface area (Å²) >= 11 is 0. The first-order chi connectivity index (χ1) is 9.52. The summed E-state index contributed by atoms with van der Waals surface area (Å²) in [6.45, 7) is 0.506. The van der Waals surface area contributed by atoms with E-state index in [2.05, 4.69) is 15.2 Å². The van der Waals surface area contributed by atoms with Crippen LogP contribution in [-0.2, 0) is 16.1 Å². The lowest BCUT2D eigenvalue weighted by Crippen LogP contribution is -2.46. The van der Waals surface area contributed by atoms with Gasteiger partial charge in [0.1, 0.15) is 18.2 Å². The molecule has 2 rings (SSSR count). The van der Waals surface area contributed by atoms with E-state index in [9.17, 15) is 14.7 Å². The number of nitrogens with zero attached hydrogens (tertiary/aromatic N) is 4. The van der Waals surface area contributed by atoms with Crippen LogP contribution >= 0.6 is 0 Å². The molecule has 2 unspecified atom stereocenters. The van der Waals surface area contributed by atoms with E-state index in [0.717, 1.165) is 0 Å². The van der Waals surface area contributed by atoms with Gasteiger partial charge in [-0.05, 0) is 0 Å². The Morgan fingerprint density at radius 3 is 2.95 bits per heavy atom. The first-order valence-electron chi connectivity index (χ1n) is 6.14. The fourth-order valence-corrected chi connectivity index (χ4v) is 2.23. The van der Waals surface area contributed by atoms with Crippen LogP contribution in [0.15, 0.2) is 6.33 Å². The molecule has 1 saturated heterocycles. The number of H-pyrrole nitrogens is 1. The van der Waals surface area contributed by atoms with Gasteiger partial charge < -0.3 is 19.6 Å². The lowest BCUT2D eigenvalue weighted by molar-refractivity contribution is -0.141. The average molecular weight is 283 g/mol. The molecule has 1 aromatic rings. The summed E-state index contributed by atoms with van der Waals surface area (Å²) in [6.07, 6.45) is 1.40. The normalized spacial score (nSPS) is 22.0. The van der Waals surface area contributed by atoms with E-state index < -0.39 is 12.0 Å². The summed E-state index contributed by atoms with van der Waals surface area (Å²) in [5.41, 5.74) is 0. The van der Waals surface area contributed by atoms with Crippen molar-refractivity contribution in [2.45, 2.75) is 25.1 Å². The standard InChI is InChI=1S/C11H17N5O4/c1-15(5-9-12-6-13-14-9)11(19)16-4-7(20-2)3-8(16)10(17)18/h6-8H,3-5H2,1-2H3,(H,17,18)(H,12,13,14). The number of amides is 2. The highest BCUT2D eigenvalue weighted by Gasteiger charge is 2.40. The number of aromatic nitrogens is 3. The predicted molar refractivity (Wildman–Crippen MR) is 66.8 cm³/mol. The van der Waals surface area contributed by atoms with Crippen molar-refractivity contribution in [3.05, 3.63) is 12.2 Å². The van der Waals surface area contributed by atoms with Gasteiger partial charge >= 0.3 is 12.0 Å². The zero-order valence-corrected chi connectivity index (χ0v) is 11.3. The molecule has 1 aromatic heterocycles. The maximum Gasteiger partial charge on any atom is 0.326 e. The van der Waals surface area contributed by atoms with Crippen molar-refractivity contribution >= 4 is 12.0 Å². The van der Waals surface area contributed by atoms with Gasteiger partial charge in [-0.15, -0.1) is 0 Å². The molecule has 1 fully saturated rings. The first-order valence-corrected chi connectivity index (χ1v) is 6.14. The smallest absolute Gasteiger partial charge is 0.326 e. The van der Waals surface area contributed by atoms with Gasteiger partial charge in [0.25, 0.3) is 0 Å². The van der Waals surface area contributed by atoms with Gasteiger partial charge in [0.2, 0.25) is 0 Å². The quantitative estimate of drug-likeness (QED) is 0.772. The molecule has 0 saturated carbocycles. The summed E-state index contributed by atoms with van der Waals surface area (Å²) in [7, 11) is 3.10. The summed E-state index contributed by atoms with van der Waals surface area (Å²) < 4.78 is 5.15. The molecule has 1 aliphatic rings. The maximum absolute atomic E-state index is 12.3. The van der Waals surface area contributed by atoms with Crippen LogP contribution < -0.4 is 0 Å². The van der Waals surface area contributed by atoms with E-state index in [1.807, 2.05) is 0 Å². The Hall–Kier alpha value is -2.16. The number of aliphatic carboxylic acids is 1. The molecular formula is C11H17N5O4. The van der Waals surface area contributed by atoms with Crippen LogP contribution in [-0.4, -0.2) is 74.9 Å². The molecule has 9 nitrogen and oxygen atoms in total. The van der Waals surface area contributed by atoms with Crippen LogP contribution in [0.4, 0.5) is 4.79 Å². The Bertz CT molecular complexity index is 477. The number of aromatic amines is 1.